The Kier molecular flexibility index (Phi) is 5.46. The second kappa shape index (κ2) is 8.56. The summed E-state index contributed by atoms with van der Waals surface area (Å²) in [6.07, 6.45) is 7.81. The number of aryl methyl sites for hydroxylation is 1. The van der Waals surface area contributed by atoms with Crippen molar-refractivity contribution in [1.82, 2.24) is 35.6 Å². The molecule has 0 radical (unpaired) electrons. The van der Waals surface area contributed by atoms with Crippen molar-refractivity contribution in [2.45, 2.75) is 63.5 Å². The molecule has 2 aliphatic carbocycles. The highest BCUT2D eigenvalue weighted by molar-refractivity contribution is 5.90. The molecule has 3 aromatic rings. The molecular weight excluding hydrogens is 410 g/mol. The SMILES string of the molecule is Cc1nc(C(=O)N[C@H]2CC[C@H](N(C)c3nccc(Nc4cc(C5CC5)[nH]n4)n3)CC2)no1. The second-order valence-corrected chi connectivity index (χ2v) is 8.58. The van der Waals surface area contributed by atoms with E-state index < -0.39 is 0 Å². The number of carbonyl (C=O) groups excluding carboxylic acids is 1. The number of rotatable bonds is 7. The quantitative estimate of drug-likeness (QED) is 0.509. The first-order chi connectivity index (χ1) is 15.5. The molecule has 11 nitrogen and oxygen atoms in total. The summed E-state index contributed by atoms with van der Waals surface area (Å²) in [6, 6.07) is 4.29. The molecule has 11 heteroatoms. The first-order valence-electron chi connectivity index (χ1n) is 11.0. The lowest BCUT2D eigenvalue weighted by atomic mass is 9.90. The molecular formula is C21H27N9O2. The third-order valence-corrected chi connectivity index (χ3v) is 6.14. The van der Waals surface area contributed by atoms with E-state index in [9.17, 15) is 4.79 Å². The summed E-state index contributed by atoms with van der Waals surface area (Å²) in [6.45, 7) is 1.66. The highest BCUT2D eigenvalue weighted by atomic mass is 16.5. The van der Waals surface area contributed by atoms with Gasteiger partial charge >= 0.3 is 0 Å². The van der Waals surface area contributed by atoms with Crippen LogP contribution in [0.1, 0.15) is 66.6 Å². The Morgan fingerprint density at radius 3 is 2.69 bits per heavy atom. The minimum atomic E-state index is -0.288. The van der Waals surface area contributed by atoms with Gasteiger partial charge in [-0.25, -0.2) is 4.98 Å². The maximum Gasteiger partial charge on any atom is 0.292 e. The van der Waals surface area contributed by atoms with Crippen LogP contribution in [0.2, 0.25) is 0 Å². The van der Waals surface area contributed by atoms with Crippen molar-refractivity contribution in [3.05, 3.63) is 35.7 Å². The molecule has 2 aliphatic rings. The van der Waals surface area contributed by atoms with Crippen LogP contribution in [0.4, 0.5) is 17.6 Å². The van der Waals surface area contributed by atoms with E-state index in [1.807, 2.05) is 13.1 Å². The summed E-state index contributed by atoms with van der Waals surface area (Å²) in [5.41, 5.74) is 1.18. The van der Waals surface area contributed by atoms with Gasteiger partial charge < -0.3 is 20.1 Å². The van der Waals surface area contributed by atoms with Gasteiger partial charge in [-0.05, 0) is 44.6 Å². The Morgan fingerprint density at radius 2 is 1.97 bits per heavy atom. The molecule has 0 saturated heterocycles. The van der Waals surface area contributed by atoms with Crippen molar-refractivity contribution < 1.29 is 9.32 Å². The van der Waals surface area contributed by atoms with Gasteiger partial charge in [0, 0.05) is 49.9 Å². The molecule has 3 N–H and O–H groups in total. The Labute approximate surface area is 185 Å². The van der Waals surface area contributed by atoms with Gasteiger partial charge in [-0.1, -0.05) is 5.16 Å². The molecule has 32 heavy (non-hydrogen) atoms. The number of carbonyl (C=O) groups is 1. The Hall–Kier alpha value is -3.50. The fourth-order valence-electron chi connectivity index (χ4n) is 4.14. The summed E-state index contributed by atoms with van der Waals surface area (Å²) in [4.78, 5) is 27.5. The number of nitrogens with zero attached hydrogens (tertiary/aromatic N) is 6. The molecule has 3 heterocycles. The highest BCUT2D eigenvalue weighted by Gasteiger charge is 2.28. The number of nitrogens with one attached hydrogen (secondary N) is 3. The van der Waals surface area contributed by atoms with E-state index >= 15 is 0 Å². The summed E-state index contributed by atoms with van der Waals surface area (Å²) < 4.78 is 4.88. The lowest BCUT2D eigenvalue weighted by Gasteiger charge is -2.34. The van der Waals surface area contributed by atoms with E-state index in [0.29, 0.717) is 29.6 Å². The fourth-order valence-corrected chi connectivity index (χ4v) is 4.14. The normalized spacial score (nSPS) is 20.7. The van der Waals surface area contributed by atoms with Crippen LogP contribution in [-0.2, 0) is 0 Å². The molecule has 2 saturated carbocycles. The van der Waals surface area contributed by atoms with E-state index in [2.05, 4.69) is 51.9 Å². The largest absolute Gasteiger partial charge is 0.346 e. The maximum atomic E-state index is 12.3. The zero-order valence-electron chi connectivity index (χ0n) is 18.2. The summed E-state index contributed by atoms with van der Waals surface area (Å²) in [5.74, 6) is 2.96. The second-order valence-electron chi connectivity index (χ2n) is 8.58. The van der Waals surface area contributed by atoms with Crippen LogP contribution in [0.25, 0.3) is 0 Å². The summed E-state index contributed by atoms with van der Waals surface area (Å²) in [5, 5.41) is 17.4. The van der Waals surface area contributed by atoms with Crippen molar-refractivity contribution in [2.75, 3.05) is 17.3 Å². The minimum Gasteiger partial charge on any atom is -0.346 e. The monoisotopic (exact) mass is 437 g/mol. The molecule has 0 atom stereocenters. The number of amides is 1. The molecule has 3 aromatic heterocycles. The zero-order valence-corrected chi connectivity index (χ0v) is 18.2. The van der Waals surface area contributed by atoms with Gasteiger partial charge in [0.1, 0.15) is 5.82 Å². The number of hydrogen-bond donors (Lipinski definition) is 3. The van der Waals surface area contributed by atoms with E-state index in [1.165, 1.54) is 18.5 Å². The third-order valence-electron chi connectivity index (χ3n) is 6.14. The predicted octanol–water partition coefficient (Wildman–Crippen LogP) is 2.69. The van der Waals surface area contributed by atoms with Gasteiger partial charge in [0.15, 0.2) is 5.82 Å². The summed E-state index contributed by atoms with van der Waals surface area (Å²) >= 11 is 0. The highest BCUT2D eigenvalue weighted by Crippen LogP contribution is 2.39. The van der Waals surface area contributed by atoms with E-state index in [0.717, 1.165) is 31.5 Å². The topological polar surface area (TPSA) is 138 Å². The lowest BCUT2D eigenvalue weighted by molar-refractivity contribution is 0.0912. The molecule has 0 aromatic carbocycles. The smallest absolute Gasteiger partial charge is 0.292 e. The fraction of sp³-hybridized carbons (Fsp3) is 0.524. The molecule has 1 amide bonds. The Bertz CT molecular complexity index is 1080. The van der Waals surface area contributed by atoms with Crippen LogP contribution in [-0.4, -0.2) is 55.3 Å². The van der Waals surface area contributed by atoms with Crippen molar-refractivity contribution in [3.8, 4) is 0 Å². The number of H-pyrrole nitrogens is 1. The number of aromatic nitrogens is 6. The van der Waals surface area contributed by atoms with Crippen molar-refractivity contribution in [3.63, 3.8) is 0 Å². The molecule has 0 aliphatic heterocycles. The van der Waals surface area contributed by atoms with Gasteiger partial charge in [0.2, 0.25) is 11.8 Å². The zero-order chi connectivity index (χ0) is 22.1. The van der Waals surface area contributed by atoms with Gasteiger partial charge in [-0.2, -0.15) is 15.1 Å². The van der Waals surface area contributed by atoms with Crippen LogP contribution < -0.4 is 15.5 Å². The molecule has 0 bridgehead atoms. The molecule has 0 unspecified atom stereocenters. The number of hydrogen-bond acceptors (Lipinski definition) is 9. The van der Waals surface area contributed by atoms with Crippen LogP contribution in [0.15, 0.2) is 22.9 Å². The third kappa shape index (κ3) is 4.56. The van der Waals surface area contributed by atoms with Gasteiger partial charge in [-0.15, -0.1) is 0 Å². The first-order valence-corrected chi connectivity index (χ1v) is 11.0. The Balaban J connectivity index is 1.15. The Morgan fingerprint density at radius 1 is 1.16 bits per heavy atom. The number of aromatic amines is 1. The average molecular weight is 438 g/mol. The molecule has 0 spiro atoms. The van der Waals surface area contributed by atoms with E-state index in [4.69, 9.17) is 4.52 Å². The van der Waals surface area contributed by atoms with E-state index in [-0.39, 0.29) is 17.8 Å². The number of anilines is 3. The standard InChI is InChI=1S/C21H27N9O2/c1-12-23-19(29-32-12)20(31)24-14-5-7-15(8-6-14)30(2)21-22-10-9-17(26-21)25-18-11-16(27-28-18)13-3-4-13/h9-11,13-15H,3-8H2,1-2H3,(H,24,31)(H2,22,25,26,27,28)/t14-,15-. The minimum absolute atomic E-state index is 0.0839. The van der Waals surface area contributed by atoms with Crippen LogP contribution in [0.3, 0.4) is 0 Å². The van der Waals surface area contributed by atoms with Crippen LogP contribution >= 0.6 is 0 Å². The van der Waals surface area contributed by atoms with E-state index in [1.54, 1.807) is 13.1 Å². The van der Waals surface area contributed by atoms with Crippen LogP contribution in [0, 0.1) is 6.92 Å². The molecule has 168 valence electrons. The van der Waals surface area contributed by atoms with Gasteiger partial charge in [0.25, 0.3) is 11.7 Å². The van der Waals surface area contributed by atoms with Crippen molar-refractivity contribution in [1.29, 1.82) is 0 Å². The maximum absolute atomic E-state index is 12.3. The van der Waals surface area contributed by atoms with Gasteiger partial charge in [0.05, 0.1) is 0 Å². The van der Waals surface area contributed by atoms with Crippen LogP contribution in [0.5, 0.6) is 0 Å². The predicted molar refractivity (Wildman–Crippen MR) is 117 cm³/mol. The van der Waals surface area contributed by atoms with Gasteiger partial charge in [-0.3, -0.25) is 9.89 Å². The van der Waals surface area contributed by atoms with Crippen molar-refractivity contribution >= 4 is 23.5 Å². The first kappa shape index (κ1) is 20.4. The lowest BCUT2D eigenvalue weighted by Crippen LogP contribution is -2.43. The summed E-state index contributed by atoms with van der Waals surface area (Å²) in [7, 11) is 2.02. The molecule has 2 fully saturated rings. The van der Waals surface area contributed by atoms with Crippen molar-refractivity contribution in [2.24, 2.45) is 0 Å². The molecule has 5 rings (SSSR count). The average Bonchev–Trinajstić information content (AvgIpc) is 3.39.